The summed E-state index contributed by atoms with van der Waals surface area (Å²) in [6.45, 7) is 0.426. The van der Waals surface area contributed by atoms with Crippen molar-refractivity contribution in [2.45, 2.75) is 44.3 Å². The maximum absolute atomic E-state index is 13.8. The SMILES string of the molecule is N#Cc1ccc(CCNC(=O)[C@@H]2CCCN2c2cc(-c3ccc(CCC(=O)NCCS(=O)(=O)O)cc3)nc(C(F)(F)F)n2)cc1. The van der Waals surface area contributed by atoms with Gasteiger partial charge < -0.3 is 15.5 Å². The molecule has 3 N–H and O–H groups in total. The van der Waals surface area contributed by atoms with Gasteiger partial charge in [-0.2, -0.15) is 26.9 Å². The number of alkyl halides is 3. The van der Waals surface area contributed by atoms with E-state index in [1.54, 1.807) is 53.4 Å². The third-order valence-corrected chi connectivity index (χ3v) is 7.90. The molecule has 1 aliphatic rings. The van der Waals surface area contributed by atoms with Crippen LogP contribution in [0.1, 0.15) is 41.8 Å². The number of nitrogens with one attached hydrogen (secondary N) is 2. The summed E-state index contributed by atoms with van der Waals surface area (Å²) < 4.78 is 71.8. The van der Waals surface area contributed by atoms with E-state index in [4.69, 9.17) is 9.81 Å². The number of hydrogen-bond acceptors (Lipinski definition) is 8. The van der Waals surface area contributed by atoms with Crippen LogP contribution in [0, 0.1) is 11.3 Å². The molecule has 0 spiro atoms. The van der Waals surface area contributed by atoms with Gasteiger partial charge in [0.05, 0.1) is 23.1 Å². The highest BCUT2D eigenvalue weighted by Crippen LogP contribution is 2.33. The van der Waals surface area contributed by atoms with Crippen LogP contribution < -0.4 is 15.5 Å². The Bertz CT molecular complexity index is 1660. The lowest BCUT2D eigenvalue weighted by Crippen LogP contribution is -2.44. The Hall–Kier alpha value is -4.55. The molecule has 11 nitrogen and oxygen atoms in total. The first kappa shape index (κ1) is 33.3. The molecule has 45 heavy (non-hydrogen) atoms. The number of nitrogens with zero attached hydrogens (tertiary/aromatic N) is 4. The molecule has 1 aliphatic heterocycles. The minimum Gasteiger partial charge on any atom is -0.355 e. The number of benzene rings is 2. The third kappa shape index (κ3) is 9.72. The lowest BCUT2D eigenvalue weighted by molar-refractivity contribution is -0.144. The van der Waals surface area contributed by atoms with Gasteiger partial charge in [0.1, 0.15) is 11.9 Å². The summed E-state index contributed by atoms with van der Waals surface area (Å²) in [5.74, 6) is -2.68. The van der Waals surface area contributed by atoms with Gasteiger partial charge in [-0.1, -0.05) is 36.4 Å². The van der Waals surface area contributed by atoms with E-state index in [-0.39, 0.29) is 36.8 Å². The molecule has 2 amide bonds. The van der Waals surface area contributed by atoms with Gasteiger partial charge in [0.2, 0.25) is 17.6 Å². The topological polar surface area (TPSA) is 165 Å². The maximum atomic E-state index is 13.8. The summed E-state index contributed by atoms with van der Waals surface area (Å²) in [6, 6.07) is 16.2. The average molecular weight is 645 g/mol. The van der Waals surface area contributed by atoms with Crippen LogP contribution in [0.2, 0.25) is 0 Å². The first-order chi connectivity index (χ1) is 21.3. The largest absolute Gasteiger partial charge is 0.451 e. The molecule has 0 unspecified atom stereocenters. The highest BCUT2D eigenvalue weighted by Gasteiger charge is 2.38. The minimum atomic E-state index is -4.83. The first-order valence-corrected chi connectivity index (χ1v) is 15.7. The highest BCUT2D eigenvalue weighted by atomic mass is 32.2. The number of nitriles is 1. The minimum absolute atomic E-state index is 0.0114. The normalized spacial score (nSPS) is 15.0. The monoisotopic (exact) mass is 644 g/mol. The van der Waals surface area contributed by atoms with Gasteiger partial charge in [0.25, 0.3) is 10.1 Å². The number of carbonyl (C=O) groups excluding carboxylic acids is 2. The molecule has 238 valence electrons. The molecule has 1 atom stereocenters. The van der Waals surface area contributed by atoms with Gasteiger partial charge in [-0.15, -0.1) is 0 Å². The van der Waals surface area contributed by atoms with Crippen LogP contribution >= 0.6 is 0 Å². The summed E-state index contributed by atoms with van der Waals surface area (Å²) in [6.07, 6.45) is -2.95. The van der Waals surface area contributed by atoms with Gasteiger partial charge >= 0.3 is 6.18 Å². The Labute approximate surface area is 258 Å². The number of aromatic nitrogens is 2. The molecular weight excluding hydrogens is 613 g/mol. The second kappa shape index (κ2) is 14.5. The standard InChI is InChI=1S/C30H31F3N6O5S/c31-30(32,33)29-37-24(23-10-7-20(8-11-23)9-12-27(40)35-15-17-45(42,43)44)18-26(38-29)39-16-1-2-25(39)28(41)36-14-13-21-3-5-22(19-34)6-4-21/h3-8,10-11,18,25H,1-2,9,12-17H2,(H,35,40)(H,36,41)(H,42,43,44)/t25-/m0/s1. The molecule has 0 saturated carbocycles. The van der Waals surface area contributed by atoms with Crippen molar-refractivity contribution in [1.82, 2.24) is 20.6 Å². The van der Waals surface area contributed by atoms with E-state index in [1.165, 1.54) is 6.07 Å². The molecule has 15 heteroatoms. The lowest BCUT2D eigenvalue weighted by atomic mass is 10.0. The molecule has 2 aromatic carbocycles. The Kier molecular flexibility index (Phi) is 10.7. The molecule has 2 heterocycles. The summed E-state index contributed by atoms with van der Waals surface area (Å²) >= 11 is 0. The van der Waals surface area contributed by atoms with Gasteiger partial charge in [-0.3, -0.25) is 14.1 Å². The lowest BCUT2D eigenvalue weighted by Gasteiger charge is -2.26. The number of carbonyl (C=O) groups is 2. The number of hydrogen-bond donors (Lipinski definition) is 3. The van der Waals surface area contributed by atoms with Crippen molar-refractivity contribution >= 4 is 27.8 Å². The van der Waals surface area contributed by atoms with E-state index in [1.807, 2.05) is 6.07 Å². The van der Waals surface area contributed by atoms with E-state index in [0.717, 1.165) is 5.56 Å². The average Bonchev–Trinajstić information content (AvgIpc) is 3.50. The van der Waals surface area contributed by atoms with E-state index < -0.39 is 39.8 Å². The molecule has 0 aliphatic carbocycles. The first-order valence-electron chi connectivity index (χ1n) is 14.1. The van der Waals surface area contributed by atoms with Crippen LogP contribution in [0.4, 0.5) is 19.0 Å². The van der Waals surface area contributed by atoms with E-state index in [2.05, 4.69) is 20.6 Å². The van der Waals surface area contributed by atoms with Gasteiger partial charge in [0, 0.05) is 37.7 Å². The Morgan fingerprint density at radius 2 is 1.67 bits per heavy atom. The van der Waals surface area contributed by atoms with Crippen LogP contribution in [0.5, 0.6) is 0 Å². The molecule has 4 rings (SSSR count). The molecule has 1 fully saturated rings. The summed E-state index contributed by atoms with van der Waals surface area (Å²) in [5.41, 5.74) is 2.58. The molecule has 3 aromatic rings. The Morgan fingerprint density at radius 3 is 2.31 bits per heavy atom. The van der Waals surface area contributed by atoms with E-state index in [0.29, 0.717) is 49.0 Å². The molecule has 1 saturated heterocycles. The zero-order valence-electron chi connectivity index (χ0n) is 24.0. The third-order valence-electron chi connectivity index (χ3n) is 7.18. The van der Waals surface area contributed by atoms with Crippen molar-refractivity contribution in [3.63, 3.8) is 0 Å². The van der Waals surface area contributed by atoms with Crippen LogP contribution in [-0.2, 0) is 38.7 Å². The van der Waals surface area contributed by atoms with Crippen molar-refractivity contribution < 1.29 is 35.7 Å². The number of halogens is 3. The van der Waals surface area contributed by atoms with Crippen molar-refractivity contribution in [3.05, 3.63) is 77.1 Å². The fourth-order valence-corrected chi connectivity index (χ4v) is 5.23. The number of rotatable bonds is 12. The zero-order valence-corrected chi connectivity index (χ0v) is 24.9. The molecule has 1 aromatic heterocycles. The van der Waals surface area contributed by atoms with Crippen LogP contribution in [0.25, 0.3) is 11.3 Å². The second-order valence-electron chi connectivity index (χ2n) is 10.5. The van der Waals surface area contributed by atoms with Crippen LogP contribution in [0.3, 0.4) is 0 Å². The van der Waals surface area contributed by atoms with Gasteiger partial charge in [-0.05, 0) is 48.9 Å². The van der Waals surface area contributed by atoms with Gasteiger partial charge in [0.15, 0.2) is 0 Å². The van der Waals surface area contributed by atoms with Crippen molar-refractivity contribution in [2.24, 2.45) is 0 Å². The summed E-state index contributed by atoms with van der Waals surface area (Å²) in [7, 11) is -4.19. The predicted molar refractivity (Wildman–Crippen MR) is 158 cm³/mol. The predicted octanol–water partition coefficient (Wildman–Crippen LogP) is 3.30. The highest BCUT2D eigenvalue weighted by molar-refractivity contribution is 7.85. The van der Waals surface area contributed by atoms with Crippen molar-refractivity contribution in [1.29, 1.82) is 5.26 Å². The number of amides is 2. The summed E-state index contributed by atoms with van der Waals surface area (Å²) in [5, 5.41) is 14.2. The smallest absolute Gasteiger partial charge is 0.355 e. The molecule has 0 bridgehead atoms. The van der Waals surface area contributed by atoms with E-state index in [9.17, 15) is 31.2 Å². The zero-order chi connectivity index (χ0) is 32.6. The molecule has 0 radical (unpaired) electrons. The quantitative estimate of drug-likeness (QED) is 0.251. The number of aryl methyl sites for hydroxylation is 1. The van der Waals surface area contributed by atoms with Crippen molar-refractivity contribution in [2.75, 3.05) is 30.3 Å². The van der Waals surface area contributed by atoms with Crippen LogP contribution in [0.15, 0.2) is 54.6 Å². The van der Waals surface area contributed by atoms with Crippen molar-refractivity contribution in [3.8, 4) is 17.3 Å². The van der Waals surface area contributed by atoms with Crippen LogP contribution in [-0.4, -0.2) is 66.2 Å². The fraction of sp³-hybridized carbons (Fsp3) is 0.367. The molecular formula is C30H31F3N6O5S. The summed E-state index contributed by atoms with van der Waals surface area (Å²) in [4.78, 5) is 34.1. The Balaban J connectivity index is 1.44. The maximum Gasteiger partial charge on any atom is 0.451 e. The fourth-order valence-electron chi connectivity index (χ4n) is 4.87. The van der Waals surface area contributed by atoms with Gasteiger partial charge in [-0.25, -0.2) is 9.97 Å². The number of anilines is 1. The van der Waals surface area contributed by atoms with E-state index >= 15 is 0 Å². The Morgan fingerprint density at radius 1 is 1.00 bits per heavy atom. The second-order valence-corrected chi connectivity index (χ2v) is 12.0.